The smallest absolute Gasteiger partial charge is 0.443 e. The molecule has 0 fully saturated rings. The Kier molecular flexibility index (Phi) is 3.88. The molecule has 0 bridgehead atoms. The van der Waals surface area contributed by atoms with Gasteiger partial charge in [0, 0.05) is 12.4 Å². The van der Waals surface area contributed by atoms with E-state index in [9.17, 15) is 18.0 Å². The first-order chi connectivity index (χ1) is 7.38. The summed E-state index contributed by atoms with van der Waals surface area (Å²) < 4.78 is 44.1. The molecule has 0 saturated heterocycles. The molecular weight excluding hydrogens is 229 g/mol. The molecule has 0 aromatic carbocycles. The first-order valence-electron chi connectivity index (χ1n) is 4.28. The molecule has 0 saturated carbocycles. The third kappa shape index (κ3) is 4.30. The predicted molar refractivity (Wildman–Crippen MR) is 45.6 cm³/mol. The minimum absolute atomic E-state index is 0.746. The fourth-order valence-electron chi connectivity index (χ4n) is 0.846. The van der Waals surface area contributed by atoms with E-state index in [1.165, 1.54) is 25.6 Å². The molecule has 0 amide bonds. The second-order valence-electron chi connectivity index (χ2n) is 2.92. The van der Waals surface area contributed by atoms with Gasteiger partial charge in [-0.05, 0) is 6.92 Å². The maximum atomic E-state index is 11.6. The van der Waals surface area contributed by atoms with Gasteiger partial charge >= 0.3 is 12.5 Å². The monoisotopic (exact) mass is 238 g/mol. The van der Waals surface area contributed by atoms with Crippen LogP contribution in [0.4, 0.5) is 18.0 Å². The summed E-state index contributed by atoms with van der Waals surface area (Å²) in [5, 5.41) is 0. The van der Waals surface area contributed by atoms with E-state index < -0.39 is 25.2 Å². The summed E-state index contributed by atoms with van der Waals surface area (Å²) in [5.74, 6) is 0. The molecule has 1 unspecified atom stereocenters. The number of aromatic nitrogens is 2. The summed E-state index contributed by atoms with van der Waals surface area (Å²) in [7, 11) is 0. The fourth-order valence-corrected chi connectivity index (χ4v) is 0.846. The number of hydrogen-bond donors (Lipinski definition) is 0. The van der Waals surface area contributed by atoms with E-state index in [4.69, 9.17) is 0 Å². The van der Waals surface area contributed by atoms with Crippen molar-refractivity contribution < 1.29 is 27.4 Å². The van der Waals surface area contributed by atoms with Crippen molar-refractivity contribution in [3.63, 3.8) is 0 Å². The van der Waals surface area contributed by atoms with Crippen LogP contribution in [-0.4, -0.2) is 34.7 Å². The molecule has 0 aliphatic carbocycles. The molecule has 5 nitrogen and oxygen atoms in total. The normalized spacial score (nSPS) is 13.5. The highest BCUT2D eigenvalue weighted by molar-refractivity contribution is 5.70. The topological polar surface area (TPSA) is 53.4 Å². The average Bonchev–Trinajstić information content (AvgIpc) is 2.66. The van der Waals surface area contributed by atoms with E-state index in [0.717, 1.165) is 4.57 Å². The Morgan fingerprint density at radius 2 is 2.25 bits per heavy atom. The summed E-state index contributed by atoms with van der Waals surface area (Å²) in [4.78, 5) is 14.8. The highest BCUT2D eigenvalue weighted by Gasteiger charge is 2.30. The number of ether oxygens (including phenoxy) is 2. The number of alkyl halides is 3. The maximum absolute atomic E-state index is 11.6. The van der Waals surface area contributed by atoms with Crippen LogP contribution >= 0.6 is 0 Å². The lowest BCUT2D eigenvalue weighted by Crippen LogP contribution is -2.26. The van der Waals surface area contributed by atoms with Gasteiger partial charge in [-0.3, -0.25) is 4.74 Å². The summed E-state index contributed by atoms with van der Waals surface area (Å²) in [6, 6.07) is 0. The van der Waals surface area contributed by atoms with Gasteiger partial charge in [0.25, 0.3) is 0 Å². The predicted octanol–water partition coefficient (Wildman–Crippen LogP) is 1.79. The van der Waals surface area contributed by atoms with Crippen LogP contribution in [0.2, 0.25) is 0 Å². The molecular formula is C8H9F3N2O3. The first kappa shape index (κ1) is 12.5. The number of carbonyl (C=O) groups is 1. The van der Waals surface area contributed by atoms with Gasteiger partial charge in [0.05, 0.1) is 6.61 Å². The fraction of sp³-hybridized carbons (Fsp3) is 0.500. The zero-order valence-corrected chi connectivity index (χ0v) is 8.27. The Morgan fingerprint density at radius 3 is 2.75 bits per heavy atom. The SMILES string of the molecule is CC(COC(F)(F)F)OC(=O)n1ccnc1. The van der Waals surface area contributed by atoms with Crippen molar-refractivity contribution in [2.24, 2.45) is 0 Å². The zero-order chi connectivity index (χ0) is 12.2. The van der Waals surface area contributed by atoms with Gasteiger partial charge in [-0.15, -0.1) is 13.2 Å². The van der Waals surface area contributed by atoms with E-state index in [1.807, 2.05) is 0 Å². The van der Waals surface area contributed by atoms with Crippen LogP contribution in [0.25, 0.3) is 0 Å². The Balaban J connectivity index is 2.35. The molecule has 0 aliphatic heterocycles. The third-order valence-corrected chi connectivity index (χ3v) is 1.50. The van der Waals surface area contributed by atoms with Crippen LogP contribution in [0.5, 0.6) is 0 Å². The van der Waals surface area contributed by atoms with Gasteiger partial charge in [-0.2, -0.15) is 0 Å². The van der Waals surface area contributed by atoms with Gasteiger partial charge in [-0.1, -0.05) is 0 Å². The second kappa shape index (κ2) is 4.97. The van der Waals surface area contributed by atoms with Crippen molar-refractivity contribution in [3.8, 4) is 0 Å². The van der Waals surface area contributed by atoms with E-state index >= 15 is 0 Å². The van der Waals surface area contributed by atoms with E-state index in [2.05, 4.69) is 14.5 Å². The van der Waals surface area contributed by atoms with Crippen molar-refractivity contribution >= 4 is 6.09 Å². The van der Waals surface area contributed by atoms with Crippen LogP contribution in [-0.2, 0) is 9.47 Å². The molecule has 1 aromatic rings. The number of hydrogen-bond acceptors (Lipinski definition) is 4. The number of carbonyl (C=O) groups excluding carboxylic acids is 1. The average molecular weight is 238 g/mol. The molecule has 8 heteroatoms. The van der Waals surface area contributed by atoms with Crippen LogP contribution in [0.3, 0.4) is 0 Å². The summed E-state index contributed by atoms with van der Waals surface area (Å²) in [5.41, 5.74) is 0. The van der Waals surface area contributed by atoms with Crippen LogP contribution in [0, 0.1) is 0 Å². The van der Waals surface area contributed by atoms with Gasteiger partial charge in [0.1, 0.15) is 12.4 Å². The molecule has 1 atom stereocenters. The largest absolute Gasteiger partial charge is 0.522 e. The Labute approximate surface area is 88.8 Å². The lowest BCUT2D eigenvalue weighted by Gasteiger charge is -2.14. The van der Waals surface area contributed by atoms with Gasteiger partial charge in [-0.25, -0.2) is 14.3 Å². The molecule has 1 aromatic heterocycles. The lowest BCUT2D eigenvalue weighted by atomic mass is 10.4. The van der Waals surface area contributed by atoms with Crippen molar-refractivity contribution in [1.82, 2.24) is 9.55 Å². The molecule has 1 heterocycles. The molecule has 0 N–H and O–H groups in total. The minimum atomic E-state index is -4.73. The molecule has 90 valence electrons. The summed E-state index contributed by atoms with van der Waals surface area (Å²) >= 11 is 0. The van der Waals surface area contributed by atoms with Gasteiger partial charge in [0.15, 0.2) is 0 Å². The Hall–Kier alpha value is -1.57. The highest BCUT2D eigenvalue weighted by Crippen LogP contribution is 2.16. The molecule has 1 rings (SSSR count). The van der Waals surface area contributed by atoms with Crippen molar-refractivity contribution in [2.75, 3.05) is 6.61 Å². The lowest BCUT2D eigenvalue weighted by molar-refractivity contribution is -0.329. The number of imidazole rings is 1. The molecule has 0 aliphatic rings. The minimum Gasteiger partial charge on any atom is -0.443 e. The van der Waals surface area contributed by atoms with Gasteiger partial charge in [0.2, 0.25) is 0 Å². The molecule has 0 radical (unpaired) electrons. The van der Waals surface area contributed by atoms with Crippen molar-refractivity contribution in [2.45, 2.75) is 19.4 Å². The quantitative estimate of drug-likeness (QED) is 0.805. The van der Waals surface area contributed by atoms with Crippen molar-refractivity contribution in [1.29, 1.82) is 0 Å². The van der Waals surface area contributed by atoms with E-state index in [0.29, 0.717) is 0 Å². The maximum Gasteiger partial charge on any atom is 0.522 e. The summed E-state index contributed by atoms with van der Waals surface area (Å²) in [6.45, 7) is 0.546. The van der Waals surface area contributed by atoms with E-state index in [1.54, 1.807) is 0 Å². The third-order valence-electron chi connectivity index (χ3n) is 1.50. The van der Waals surface area contributed by atoms with Crippen LogP contribution < -0.4 is 0 Å². The number of halogens is 3. The molecule has 0 spiro atoms. The number of nitrogens with zero attached hydrogens (tertiary/aromatic N) is 2. The number of rotatable bonds is 3. The Morgan fingerprint density at radius 1 is 1.56 bits per heavy atom. The summed E-state index contributed by atoms with van der Waals surface area (Å²) in [6.07, 6.45) is -2.69. The molecule has 16 heavy (non-hydrogen) atoms. The zero-order valence-electron chi connectivity index (χ0n) is 8.27. The van der Waals surface area contributed by atoms with Crippen LogP contribution in [0.1, 0.15) is 6.92 Å². The second-order valence-corrected chi connectivity index (χ2v) is 2.92. The van der Waals surface area contributed by atoms with Crippen LogP contribution in [0.15, 0.2) is 18.7 Å². The first-order valence-corrected chi connectivity index (χ1v) is 4.28. The highest BCUT2D eigenvalue weighted by atomic mass is 19.4. The van der Waals surface area contributed by atoms with E-state index in [-0.39, 0.29) is 0 Å². The van der Waals surface area contributed by atoms with Gasteiger partial charge < -0.3 is 4.74 Å². The standard InChI is InChI=1S/C8H9F3N2O3/c1-6(4-15-8(9,10)11)16-7(14)13-3-2-12-5-13/h2-3,5-6H,4H2,1H3. The Bertz CT molecular complexity index is 337. The van der Waals surface area contributed by atoms with Crippen molar-refractivity contribution in [3.05, 3.63) is 18.7 Å².